The third-order valence-electron chi connectivity index (χ3n) is 3.07. The molecule has 0 spiro atoms. The predicted molar refractivity (Wildman–Crippen MR) is 78.3 cm³/mol. The van der Waals surface area contributed by atoms with E-state index in [4.69, 9.17) is 5.73 Å². The lowest BCUT2D eigenvalue weighted by Crippen LogP contribution is -2.16. The van der Waals surface area contributed by atoms with Crippen LogP contribution in [0, 0.1) is 5.82 Å². The van der Waals surface area contributed by atoms with Crippen molar-refractivity contribution in [2.24, 2.45) is 5.73 Å². The minimum absolute atomic E-state index is 0.213. The van der Waals surface area contributed by atoms with Crippen molar-refractivity contribution in [2.45, 2.75) is 13.3 Å². The molecule has 2 rings (SSSR count). The van der Waals surface area contributed by atoms with E-state index in [1.54, 1.807) is 12.1 Å². The number of hydrogen-bond donors (Lipinski definition) is 1. The molecule has 0 aliphatic rings. The standard InChI is InChI=1S/C16H19FN2/c1-2-19(15-6-4-3-5-7-15)16-11-13(8-9-18)10-14(17)12-16/h3-7,10-12H,2,8-9,18H2,1H3. The van der Waals surface area contributed by atoms with Crippen molar-refractivity contribution in [3.63, 3.8) is 0 Å². The first-order valence-electron chi connectivity index (χ1n) is 6.56. The number of nitrogens with zero attached hydrogens (tertiary/aromatic N) is 1. The molecule has 0 saturated carbocycles. The van der Waals surface area contributed by atoms with Crippen LogP contribution in [0.15, 0.2) is 48.5 Å². The van der Waals surface area contributed by atoms with Gasteiger partial charge < -0.3 is 10.6 Å². The lowest BCUT2D eigenvalue weighted by atomic mass is 10.1. The van der Waals surface area contributed by atoms with Gasteiger partial charge in [-0.2, -0.15) is 0 Å². The number of halogens is 1. The van der Waals surface area contributed by atoms with E-state index >= 15 is 0 Å². The van der Waals surface area contributed by atoms with Gasteiger partial charge in [0, 0.05) is 17.9 Å². The van der Waals surface area contributed by atoms with Gasteiger partial charge in [-0.3, -0.25) is 0 Å². The zero-order valence-corrected chi connectivity index (χ0v) is 11.1. The lowest BCUT2D eigenvalue weighted by Gasteiger charge is -2.24. The number of para-hydroxylation sites is 1. The Morgan fingerprint density at radius 2 is 1.79 bits per heavy atom. The van der Waals surface area contributed by atoms with Gasteiger partial charge in [0.15, 0.2) is 0 Å². The largest absolute Gasteiger partial charge is 0.342 e. The molecule has 100 valence electrons. The number of anilines is 2. The Hall–Kier alpha value is -1.87. The van der Waals surface area contributed by atoms with Crippen LogP contribution < -0.4 is 10.6 Å². The molecule has 0 unspecified atom stereocenters. The number of nitrogens with two attached hydrogens (primary N) is 1. The molecule has 2 N–H and O–H groups in total. The van der Waals surface area contributed by atoms with Gasteiger partial charge in [0.1, 0.15) is 5.82 Å². The summed E-state index contributed by atoms with van der Waals surface area (Å²) in [4.78, 5) is 2.09. The van der Waals surface area contributed by atoms with E-state index in [-0.39, 0.29) is 5.82 Å². The summed E-state index contributed by atoms with van der Waals surface area (Å²) >= 11 is 0. The first-order valence-corrected chi connectivity index (χ1v) is 6.56. The van der Waals surface area contributed by atoms with E-state index in [2.05, 4.69) is 11.8 Å². The van der Waals surface area contributed by atoms with Crippen molar-refractivity contribution >= 4 is 11.4 Å². The minimum Gasteiger partial charge on any atom is -0.342 e. The van der Waals surface area contributed by atoms with Crippen LogP contribution in [0.4, 0.5) is 15.8 Å². The molecule has 0 saturated heterocycles. The highest BCUT2D eigenvalue weighted by atomic mass is 19.1. The molecule has 0 aliphatic heterocycles. The summed E-state index contributed by atoms with van der Waals surface area (Å²) in [6.45, 7) is 3.37. The van der Waals surface area contributed by atoms with Crippen molar-refractivity contribution in [1.29, 1.82) is 0 Å². The fourth-order valence-corrected chi connectivity index (χ4v) is 2.22. The maximum absolute atomic E-state index is 13.7. The monoisotopic (exact) mass is 258 g/mol. The van der Waals surface area contributed by atoms with Gasteiger partial charge in [-0.15, -0.1) is 0 Å². The van der Waals surface area contributed by atoms with Crippen molar-refractivity contribution in [3.05, 3.63) is 59.9 Å². The number of rotatable bonds is 5. The van der Waals surface area contributed by atoms with Gasteiger partial charge >= 0.3 is 0 Å². The summed E-state index contributed by atoms with van der Waals surface area (Å²) in [5, 5.41) is 0. The molecule has 2 aromatic carbocycles. The van der Waals surface area contributed by atoms with E-state index in [0.29, 0.717) is 13.0 Å². The van der Waals surface area contributed by atoms with Gasteiger partial charge in [0.05, 0.1) is 0 Å². The Labute approximate surface area is 113 Å². The summed E-state index contributed by atoms with van der Waals surface area (Å²) in [6.07, 6.45) is 0.692. The smallest absolute Gasteiger partial charge is 0.125 e. The third kappa shape index (κ3) is 3.32. The molecule has 0 fully saturated rings. The average molecular weight is 258 g/mol. The van der Waals surface area contributed by atoms with Crippen LogP contribution in [0.5, 0.6) is 0 Å². The predicted octanol–water partition coefficient (Wildman–Crippen LogP) is 3.48. The summed E-state index contributed by atoms with van der Waals surface area (Å²) in [7, 11) is 0. The normalized spacial score (nSPS) is 10.5. The molecular weight excluding hydrogens is 239 g/mol. The van der Waals surface area contributed by atoms with Crippen LogP contribution in [0.2, 0.25) is 0 Å². The summed E-state index contributed by atoms with van der Waals surface area (Å²) in [5.41, 5.74) is 8.42. The summed E-state index contributed by atoms with van der Waals surface area (Å²) in [5.74, 6) is -0.213. The second-order valence-corrected chi connectivity index (χ2v) is 4.44. The molecule has 2 aromatic rings. The molecule has 0 bridgehead atoms. The van der Waals surface area contributed by atoms with Crippen molar-refractivity contribution in [2.75, 3.05) is 18.0 Å². The molecule has 19 heavy (non-hydrogen) atoms. The number of benzene rings is 2. The molecule has 3 heteroatoms. The van der Waals surface area contributed by atoms with E-state index in [0.717, 1.165) is 23.5 Å². The van der Waals surface area contributed by atoms with E-state index in [1.165, 1.54) is 0 Å². The average Bonchev–Trinajstić information content (AvgIpc) is 2.40. The van der Waals surface area contributed by atoms with E-state index < -0.39 is 0 Å². The zero-order valence-electron chi connectivity index (χ0n) is 11.1. The molecule has 0 aromatic heterocycles. The van der Waals surface area contributed by atoms with Crippen molar-refractivity contribution in [1.82, 2.24) is 0 Å². The lowest BCUT2D eigenvalue weighted by molar-refractivity contribution is 0.625. The molecule has 0 amide bonds. The maximum atomic E-state index is 13.7. The molecule has 0 atom stereocenters. The Bertz CT molecular complexity index is 526. The third-order valence-corrected chi connectivity index (χ3v) is 3.07. The van der Waals surface area contributed by atoms with Crippen molar-refractivity contribution < 1.29 is 4.39 Å². The summed E-state index contributed by atoms with van der Waals surface area (Å²) < 4.78 is 13.7. The number of hydrogen-bond acceptors (Lipinski definition) is 2. The first kappa shape index (κ1) is 13.6. The Morgan fingerprint density at radius 1 is 1.05 bits per heavy atom. The van der Waals surface area contributed by atoms with E-state index in [9.17, 15) is 4.39 Å². The van der Waals surface area contributed by atoms with Gasteiger partial charge in [0.2, 0.25) is 0 Å². The van der Waals surface area contributed by atoms with Crippen LogP contribution in [-0.4, -0.2) is 13.1 Å². The first-order chi connectivity index (χ1) is 9.24. The molecule has 2 nitrogen and oxygen atoms in total. The highest BCUT2D eigenvalue weighted by Crippen LogP contribution is 2.26. The van der Waals surface area contributed by atoms with E-state index in [1.807, 2.05) is 36.4 Å². The van der Waals surface area contributed by atoms with Crippen LogP contribution >= 0.6 is 0 Å². The SMILES string of the molecule is CCN(c1ccccc1)c1cc(F)cc(CCN)c1. The van der Waals surface area contributed by atoms with Crippen LogP contribution in [0.1, 0.15) is 12.5 Å². The highest BCUT2D eigenvalue weighted by molar-refractivity contribution is 5.63. The molecule has 0 radical (unpaired) electrons. The quantitative estimate of drug-likeness (QED) is 0.889. The Morgan fingerprint density at radius 3 is 2.42 bits per heavy atom. The Balaban J connectivity index is 2.38. The van der Waals surface area contributed by atoms with Crippen LogP contribution in [0.25, 0.3) is 0 Å². The molecular formula is C16H19FN2. The molecule has 0 heterocycles. The zero-order chi connectivity index (χ0) is 13.7. The van der Waals surface area contributed by atoms with Gasteiger partial charge in [-0.25, -0.2) is 4.39 Å². The fourth-order valence-electron chi connectivity index (χ4n) is 2.22. The molecule has 0 aliphatic carbocycles. The summed E-state index contributed by atoms with van der Waals surface area (Å²) in [6, 6.07) is 15.1. The van der Waals surface area contributed by atoms with Gasteiger partial charge in [0.25, 0.3) is 0 Å². The van der Waals surface area contributed by atoms with Crippen molar-refractivity contribution in [3.8, 4) is 0 Å². The topological polar surface area (TPSA) is 29.3 Å². The van der Waals surface area contributed by atoms with Crippen LogP contribution in [-0.2, 0) is 6.42 Å². The van der Waals surface area contributed by atoms with Gasteiger partial charge in [-0.1, -0.05) is 18.2 Å². The Kier molecular flexibility index (Phi) is 4.53. The van der Waals surface area contributed by atoms with Gasteiger partial charge in [-0.05, 0) is 55.8 Å². The second kappa shape index (κ2) is 6.34. The highest BCUT2D eigenvalue weighted by Gasteiger charge is 2.09. The second-order valence-electron chi connectivity index (χ2n) is 4.44. The fraction of sp³-hybridized carbons (Fsp3) is 0.250. The maximum Gasteiger partial charge on any atom is 0.125 e. The van der Waals surface area contributed by atoms with Crippen LogP contribution in [0.3, 0.4) is 0 Å². The minimum atomic E-state index is -0.213.